The van der Waals surface area contributed by atoms with Crippen LogP contribution in [0.5, 0.6) is 0 Å². The molecule has 1 aromatic heterocycles. The highest BCUT2D eigenvalue weighted by Gasteiger charge is 2.50. The highest BCUT2D eigenvalue weighted by molar-refractivity contribution is 6.07. The topological polar surface area (TPSA) is 79.6 Å². The van der Waals surface area contributed by atoms with Gasteiger partial charge < -0.3 is 9.73 Å². The maximum absolute atomic E-state index is 14.3. The van der Waals surface area contributed by atoms with E-state index in [0.717, 1.165) is 34.2 Å². The number of rotatable bonds is 3. The second kappa shape index (κ2) is 6.76. The monoisotopic (exact) mass is 412 g/mol. The zero-order valence-corrected chi connectivity index (χ0v) is 16.5. The van der Waals surface area contributed by atoms with E-state index in [1.54, 1.807) is 6.07 Å². The first-order valence-electron chi connectivity index (χ1n) is 9.24. The summed E-state index contributed by atoms with van der Waals surface area (Å²) < 4.78 is 33.3. The number of amides is 3. The van der Waals surface area contributed by atoms with E-state index in [4.69, 9.17) is 4.42 Å². The average molecular weight is 412 g/mol. The maximum Gasteiger partial charge on any atom is 0.336 e. The van der Waals surface area contributed by atoms with Gasteiger partial charge in [0, 0.05) is 17.0 Å². The van der Waals surface area contributed by atoms with Crippen molar-refractivity contribution in [1.82, 2.24) is 10.2 Å². The van der Waals surface area contributed by atoms with Crippen molar-refractivity contribution in [3.8, 4) is 0 Å². The first-order chi connectivity index (χ1) is 14.1. The summed E-state index contributed by atoms with van der Waals surface area (Å²) in [5, 5.41) is 3.03. The van der Waals surface area contributed by atoms with Crippen LogP contribution in [0.4, 0.5) is 13.6 Å². The molecule has 0 aliphatic carbocycles. The lowest BCUT2D eigenvalue weighted by atomic mass is 9.91. The molecule has 8 heteroatoms. The minimum Gasteiger partial charge on any atom is -0.422 e. The van der Waals surface area contributed by atoms with E-state index in [2.05, 4.69) is 5.32 Å². The van der Waals surface area contributed by atoms with E-state index in [1.807, 2.05) is 19.9 Å². The summed E-state index contributed by atoms with van der Waals surface area (Å²) in [5.41, 5.74) is -0.169. The molecule has 1 fully saturated rings. The molecule has 0 radical (unpaired) electrons. The molecule has 0 unspecified atom stereocenters. The third-order valence-corrected chi connectivity index (χ3v) is 5.59. The van der Waals surface area contributed by atoms with E-state index in [1.165, 1.54) is 13.0 Å². The fourth-order valence-electron chi connectivity index (χ4n) is 3.73. The minimum atomic E-state index is -1.77. The molecule has 2 aromatic carbocycles. The molecule has 0 spiro atoms. The maximum atomic E-state index is 14.3. The quantitative estimate of drug-likeness (QED) is 0.526. The number of urea groups is 1. The number of carbonyl (C=O) groups excluding carboxylic acids is 2. The Labute approximate surface area is 170 Å². The summed E-state index contributed by atoms with van der Waals surface area (Å²) in [6, 6.07) is 6.77. The van der Waals surface area contributed by atoms with Gasteiger partial charge in [-0.15, -0.1) is 0 Å². The van der Waals surface area contributed by atoms with Crippen LogP contribution in [0, 0.1) is 25.5 Å². The van der Waals surface area contributed by atoms with E-state index in [-0.39, 0.29) is 12.1 Å². The molecule has 30 heavy (non-hydrogen) atoms. The predicted molar refractivity (Wildman–Crippen MR) is 105 cm³/mol. The Morgan fingerprint density at radius 3 is 2.53 bits per heavy atom. The lowest BCUT2D eigenvalue weighted by Gasteiger charge is -2.23. The summed E-state index contributed by atoms with van der Waals surface area (Å²) in [4.78, 5) is 38.6. The molecule has 2 heterocycles. The molecule has 154 valence electrons. The van der Waals surface area contributed by atoms with Crippen LogP contribution in [0.25, 0.3) is 11.0 Å². The first-order valence-corrected chi connectivity index (χ1v) is 9.24. The third kappa shape index (κ3) is 2.96. The van der Waals surface area contributed by atoms with Crippen LogP contribution in [-0.2, 0) is 16.9 Å². The van der Waals surface area contributed by atoms with Crippen molar-refractivity contribution in [3.63, 3.8) is 0 Å². The molecule has 0 saturated carbocycles. The Morgan fingerprint density at radius 1 is 1.07 bits per heavy atom. The highest BCUT2D eigenvalue weighted by Crippen LogP contribution is 2.33. The molecule has 6 nitrogen and oxygen atoms in total. The number of carbonyl (C=O) groups is 2. The van der Waals surface area contributed by atoms with Crippen LogP contribution in [-0.4, -0.2) is 16.8 Å². The van der Waals surface area contributed by atoms with Crippen molar-refractivity contribution in [2.45, 2.75) is 32.9 Å². The summed E-state index contributed by atoms with van der Waals surface area (Å²) in [7, 11) is 0. The summed E-state index contributed by atoms with van der Waals surface area (Å²) >= 11 is 0. The molecule has 0 bridgehead atoms. The Balaban J connectivity index is 1.77. The Morgan fingerprint density at radius 2 is 1.80 bits per heavy atom. The molecule has 3 amide bonds. The number of nitrogens with zero attached hydrogens (tertiary/aromatic N) is 1. The third-order valence-electron chi connectivity index (χ3n) is 5.59. The Kier molecular flexibility index (Phi) is 4.45. The van der Waals surface area contributed by atoms with Crippen molar-refractivity contribution in [2.24, 2.45) is 0 Å². The van der Waals surface area contributed by atoms with Gasteiger partial charge in [-0.1, -0.05) is 12.1 Å². The normalized spacial score (nSPS) is 18.9. The number of aryl methyl sites for hydroxylation is 2. The van der Waals surface area contributed by atoms with E-state index in [9.17, 15) is 23.2 Å². The van der Waals surface area contributed by atoms with E-state index < -0.39 is 34.7 Å². The molecule has 1 aliphatic rings. The van der Waals surface area contributed by atoms with Gasteiger partial charge in [0.1, 0.15) is 22.8 Å². The predicted octanol–water partition coefficient (Wildman–Crippen LogP) is 3.66. The molecule has 4 rings (SSSR count). The van der Waals surface area contributed by atoms with Crippen molar-refractivity contribution >= 4 is 22.9 Å². The van der Waals surface area contributed by atoms with E-state index >= 15 is 0 Å². The van der Waals surface area contributed by atoms with Gasteiger partial charge in [-0.3, -0.25) is 9.69 Å². The van der Waals surface area contributed by atoms with Gasteiger partial charge in [0.15, 0.2) is 0 Å². The lowest BCUT2D eigenvalue weighted by Crippen LogP contribution is -2.41. The molecular weight excluding hydrogens is 394 g/mol. The van der Waals surface area contributed by atoms with Crippen molar-refractivity contribution in [1.29, 1.82) is 0 Å². The number of benzene rings is 2. The number of fused-ring (bicyclic) bond motifs is 1. The van der Waals surface area contributed by atoms with Gasteiger partial charge in [0.05, 0.1) is 6.54 Å². The number of imide groups is 1. The fraction of sp³-hybridized carbons (Fsp3) is 0.227. The van der Waals surface area contributed by atoms with Crippen LogP contribution < -0.4 is 10.9 Å². The average Bonchev–Trinajstić information content (AvgIpc) is 2.90. The molecular formula is C22H18F2N2O4. The standard InChI is InChI=1S/C22H18F2N2O4/c1-11-4-6-15-13(8-18(27)30-19(15)12(11)2)10-26-20(28)22(3,25-21(26)29)16-9-14(23)5-7-17(16)24/h4-9H,10H2,1-3H3,(H,25,29)/t22-/m0/s1. The van der Waals surface area contributed by atoms with Gasteiger partial charge in [-0.05, 0) is 55.7 Å². The zero-order valence-electron chi connectivity index (χ0n) is 16.5. The SMILES string of the molecule is Cc1ccc2c(CN3C(=O)N[C@@](C)(c4cc(F)ccc4F)C3=O)cc(=O)oc2c1C. The van der Waals surface area contributed by atoms with Gasteiger partial charge in [-0.2, -0.15) is 0 Å². The van der Waals surface area contributed by atoms with Gasteiger partial charge >= 0.3 is 11.7 Å². The Hall–Kier alpha value is -3.55. The minimum absolute atomic E-state index is 0.220. The van der Waals surface area contributed by atoms with Crippen molar-refractivity contribution < 1.29 is 22.8 Å². The summed E-state index contributed by atoms with van der Waals surface area (Å²) in [6.45, 7) is 4.78. The van der Waals surface area contributed by atoms with E-state index in [0.29, 0.717) is 16.5 Å². The fourth-order valence-corrected chi connectivity index (χ4v) is 3.73. The largest absolute Gasteiger partial charge is 0.422 e. The summed E-state index contributed by atoms with van der Waals surface area (Å²) in [5.74, 6) is -2.29. The second-order valence-corrected chi connectivity index (χ2v) is 7.55. The molecule has 1 atom stereocenters. The van der Waals surface area contributed by atoms with Crippen molar-refractivity contribution in [2.75, 3.05) is 0 Å². The van der Waals surface area contributed by atoms with Crippen molar-refractivity contribution in [3.05, 3.63) is 80.7 Å². The number of hydrogen-bond donors (Lipinski definition) is 1. The van der Waals surface area contributed by atoms with Crippen LogP contribution in [0.1, 0.15) is 29.2 Å². The lowest BCUT2D eigenvalue weighted by molar-refractivity contribution is -0.131. The first kappa shape index (κ1) is 19.8. The molecule has 3 aromatic rings. The Bertz CT molecular complexity index is 1280. The number of halogens is 2. The molecule has 1 saturated heterocycles. The number of nitrogens with one attached hydrogen (secondary N) is 1. The van der Waals surface area contributed by atoms with Gasteiger partial charge in [-0.25, -0.2) is 18.4 Å². The molecule has 1 aliphatic heterocycles. The second-order valence-electron chi connectivity index (χ2n) is 7.55. The van der Waals surface area contributed by atoms with Crippen LogP contribution in [0.3, 0.4) is 0 Å². The molecule has 1 N–H and O–H groups in total. The van der Waals surface area contributed by atoms with Crippen LogP contribution in [0.2, 0.25) is 0 Å². The van der Waals surface area contributed by atoms with Gasteiger partial charge in [0.2, 0.25) is 0 Å². The summed E-state index contributed by atoms with van der Waals surface area (Å²) in [6.07, 6.45) is 0. The zero-order chi connectivity index (χ0) is 21.8. The van der Waals surface area contributed by atoms with Gasteiger partial charge in [0.25, 0.3) is 5.91 Å². The van der Waals surface area contributed by atoms with Crippen LogP contribution >= 0.6 is 0 Å². The highest BCUT2D eigenvalue weighted by atomic mass is 19.1. The number of hydrogen-bond acceptors (Lipinski definition) is 4. The smallest absolute Gasteiger partial charge is 0.336 e. The van der Waals surface area contributed by atoms with Crippen LogP contribution in [0.15, 0.2) is 45.6 Å².